The third-order valence-electron chi connectivity index (χ3n) is 3.11. The van der Waals surface area contributed by atoms with Gasteiger partial charge in [-0.1, -0.05) is 0 Å². The van der Waals surface area contributed by atoms with Crippen molar-refractivity contribution in [2.45, 2.75) is 24.9 Å². The lowest BCUT2D eigenvalue weighted by molar-refractivity contribution is 0.570. The lowest BCUT2D eigenvalue weighted by Gasteiger charge is -2.11. The molecule has 0 fully saturated rings. The van der Waals surface area contributed by atoms with Gasteiger partial charge in [0.05, 0.1) is 11.4 Å². The smallest absolute Gasteiger partial charge is 0.241 e. The number of hydrogen-bond acceptors (Lipinski definition) is 5. The lowest BCUT2D eigenvalue weighted by Crippen LogP contribution is -2.26. The Balaban J connectivity index is 2.31. The fraction of sp³-hybridized carbons (Fsp3) is 0.333. The number of nitrogens with one attached hydrogen (secondary N) is 1. The molecule has 0 amide bonds. The molecule has 0 radical (unpaired) electrons. The minimum Gasteiger partial charge on any atom is -0.326 e. The predicted octanol–water partition coefficient (Wildman–Crippen LogP) is 0.200. The molecule has 0 atom stereocenters. The van der Waals surface area contributed by atoms with E-state index in [2.05, 4.69) is 14.9 Å². The molecule has 1 aromatic heterocycles. The van der Waals surface area contributed by atoms with Crippen molar-refractivity contribution < 1.29 is 12.8 Å². The van der Waals surface area contributed by atoms with Gasteiger partial charge >= 0.3 is 0 Å². The quantitative estimate of drug-likeness (QED) is 0.821. The molecule has 9 heteroatoms. The second kappa shape index (κ2) is 5.88. The van der Waals surface area contributed by atoms with Crippen LogP contribution in [0.5, 0.6) is 0 Å². The third kappa shape index (κ3) is 3.26. The van der Waals surface area contributed by atoms with Crippen molar-refractivity contribution in [2.24, 2.45) is 12.8 Å². The maximum absolute atomic E-state index is 13.8. The summed E-state index contributed by atoms with van der Waals surface area (Å²) >= 11 is 0. The molecule has 0 aliphatic rings. The zero-order valence-corrected chi connectivity index (χ0v) is 12.5. The number of halogens is 1. The SMILES string of the molecule is Cc1c(F)cc(CN)cc1S(=O)(=O)NCc1nncn1C. The Bertz CT molecular complexity index is 757. The van der Waals surface area contributed by atoms with Gasteiger partial charge in [-0.25, -0.2) is 17.5 Å². The maximum Gasteiger partial charge on any atom is 0.241 e. The number of hydrogen-bond donors (Lipinski definition) is 2. The van der Waals surface area contributed by atoms with Gasteiger partial charge in [0, 0.05) is 19.2 Å². The van der Waals surface area contributed by atoms with E-state index in [1.165, 1.54) is 25.4 Å². The van der Waals surface area contributed by atoms with E-state index < -0.39 is 15.8 Å². The molecule has 0 bridgehead atoms. The Hall–Kier alpha value is -1.84. The molecule has 0 aliphatic carbocycles. The first-order chi connectivity index (χ1) is 9.85. The molecule has 3 N–H and O–H groups in total. The molecule has 2 rings (SSSR count). The number of rotatable bonds is 5. The highest BCUT2D eigenvalue weighted by atomic mass is 32.2. The largest absolute Gasteiger partial charge is 0.326 e. The van der Waals surface area contributed by atoms with Crippen molar-refractivity contribution in [1.29, 1.82) is 0 Å². The minimum atomic E-state index is -3.87. The van der Waals surface area contributed by atoms with E-state index in [0.717, 1.165) is 0 Å². The third-order valence-corrected chi connectivity index (χ3v) is 4.63. The van der Waals surface area contributed by atoms with E-state index in [-0.39, 0.29) is 23.5 Å². The highest BCUT2D eigenvalue weighted by Gasteiger charge is 2.20. The number of aryl methyl sites for hydroxylation is 1. The molecule has 21 heavy (non-hydrogen) atoms. The van der Waals surface area contributed by atoms with Crippen LogP contribution in [0.2, 0.25) is 0 Å². The summed E-state index contributed by atoms with van der Waals surface area (Å²) in [6.45, 7) is 1.43. The Morgan fingerprint density at radius 3 is 2.71 bits per heavy atom. The predicted molar refractivity (Wildman–Crippen MR) is 74.1 cm³/mol. The van der Waals surface area contributed by atoms with E-state index in [9.17, 15) is 12.8 Å². The van der Waals surface area contributed by atoms with Gasteiger partial charge < -0.3 is 10.3 Å². The first-order valence-corrected chi connectivity index (χ1v) is 7.65. The number of nitrogens with zero attached hydrogens (tertiary/aromatic N) is 3. The molecule has 0 saturated heterocycles. The van der Waals surface area contributed by atoms with E-state index >= 15 is 0 Å². The minimum absolute atomic E-state index is 0.0350. The van der Waals surface area contributed by atoms with E-state index in [0.29, 0.717) is 11.4 Å². The van der Waals surface area contributed by atoms with Crippen LogP contribution in [0.4, 0.5) is 4.39 Å². The summed E-state index contributed by atoms with van der Waals surface area (Å²) in [5.41, 5.74) is 5.92. The zero-order chi connectivity index (χ0) is 15.6. The first-order valence-electron chi connectivity index (χ1n) is 6.16. The molecule has 0 aliphatic heterocycles. The molecule has 2 aromatic rings. The number of aromatic nitrogens is 3. The average Bonchev–Trinajstić information content (AvgIpc) is 2.84. The van der Waals surface area contributed by atoms with Crippen LogP contribution in [0.15, 0.2) is 23.4 Å². The van der Waals surface area contributed by atoms with E-state index in [1.54, 1.807) is 11.6 Å². The van der Waals surface area contributed by atoms with Crippen LogP contribution in [0.1, 0.15) is 17.0 Å². The second-order valence-electron chi connectivity index (χ2n) is 4.59. The summed E-state index contributed by atoms with van der Waals surface area (Å²) in [6.07, 6.45) is 1.46. The van der Waals surface area contributed by atoms with Crippen LogP contribution in [0.25, 0.3) is 0 Å². The zero-order valence-electron chi connectivity index (χ0n) is 11.7. The summed E-state index contributed by atoms with van der Waals surface area (Å²) in [6, 6.07) is 2.61. The molecular weight excluding hydrogens is 297 g/mol. The lowest BCUT2D eigenvalue weighted by atomic mass is 10.1. The molecule has 7 nitrogen and oxygen atoms in total. The van der Waals surface area contributed by atoms with Crippen LogP contribution in [0, 0.1) is 12.7 Å². The van der Waals surface area contributed by atoms with Gasteiger partial charge in [-0.15, -0.1) is 10.2 Å². The fourth-order valence-corrected chi connectivity index (χ4v) is 3.09. The molecule has 0 spiro atoms. The van der Waals surface area contributed by atoms with Crippen molar-refractivity contribution in [3.63, 3.8) is 0 Å². The standard InChI is InChI=1S/C12H16FN5O2S/c1-8-10(13)3-9(5-14)4-11(8)21(19,20)16-6-12-17-15-7-18(12)2/h3-4,7,16H,5-6,14H2,1-2H3. The van der Waals surface area contributed by atoms with Gasteiger partial charge in [-0.05, 0) is 24.6 Å². The van der Waals surface area contributed by atoms with Crippen molar-refractivity contribution in [3.05, 3.63) is 41.2 Å². The monoisotopic (exact) mass is 313 g/mol. The first kappa shape index (κ1) is 15.5. The maximum atomic E-state index is 13.8. The Labute approximate surface area is 122 Å². The molecule has 1 heterocycles. The van der Waals surface area contributed by atoms with Gasteiger partial charge in [0.15, 0.2) is 0 Å². The highest BCUT2D eigenvalue weighted by molar-refractivity contribution is 7.89. The van der Waals surface area contributed by atoms with Crippen LogP contribution in [-0.4, -0.2) is 23.2 Å². The van der Waals surface area contributed by atoms with Crippen molar-refractivity contribution in [3.8, 4) is 0 Å². The van der Waals surface area contributed by atoms with Crippen LogP contribution in [0.3, 0.4) is 0 Å². The Kier molecular flexibility index (Phi) is 4.35. The summed E-state index contributed by atoms with van der Waals surface area (Å²) in [7, 11) is -2.17. The molecular formula is C12H16FN5O2S. The Morgan fingerprint density at radius 1 is 1.43 bits per heavy atom. The van der Waals surface area contributed by atoms with Crippen LogP contribution < -0.4 is 10.5 Å². The van der Waals surface area contributed by atoms with Crippen molar-refractivity contribution >= 4 is 10.0 Å². The van der Waals surface area contributed by atoms with Crippen LogP contribution in [-0.2, 0) is 30.2 Å². The molecule has 0 saturated carbocycles. The number of sulfonamides is 1. The van der Waals surface area contributed by atoms with Crippen molar-refractivity contribution in [1.82, 2.24) is 19.5 Å². The molecule has 1 aromatic carbocycles. The number of nitrogens with two attached hydrogens (primary N) is 1. The topological polar surface area (TPSA) is 103 Å². The second-order valence-corrected chi connectivity index (χ2v) is 6.32. The fourth-order valence-electron chi connectivity index (χ4n) is 1.81. The molecule has 0 unspecified atom stereocenters. The van der Waals surface area contributed by atoms with Crippen molar-refractivity contribution in [2.75, 3.05) is 0 Å². The van der Waals surface area contributed by atoms with Gasteiger partial charge in [0.2, 0.25) is 10.0 Å². The van der Waals surface area contributed by atoms with Gasteiger partial charge in [0.25, 0.3) is 0 Å². The normalized spacial score (nSPS) is 11.8. The van der Waals surface area contributed by atoms with Gasteiger partial charge in [0.1, 0.15) is 18.0 Å². The van der Waals surface area contributed by atoms with E-state index in [1.807, 2.05) is 0 Å². The summed E-state index contributed by atoms with van der Waals surface area (Å²) < 4.78 is 42.3. The Morgan fingerprint density at radius 2 is 2.14 bits per heavy atom. The summed E-state index contributed by atoms with van der Waals surface area (Å²) in [5, 5.41) is 7.43. The molecule has 114 valence electrons. The van der Waals surface area contributed by atoms with Gasteiger partial charge in [-0.2, -0.15) is 0 Å². The summed E-state index contributed by atoms with van der Waals surface area (Å²) in [4.78, 5) is -0.120. The van der Waals surface area contributed by atoms with Crippen LogP contribution >= 0.6 is 0 Å². The average molecular weight is 313 g/mol. The number of benzene rings is 1. The summed E-state index contributed by atoms with van der Waals surface area (Å²) in [5.74, 6) is -0.149. The highest BCUT2D eigenvalue weighted by Crippen LogP contribution is 2.20. The van der Waals surface area contributed by atoms with Gasteiger partial charge in [-0.3, -0.25) is 0 Å². The van der Waals surface area contributed by atoms with E-state index in [4.69, 9.17) is 5.73 Å².